The summed E-state index contributed by atoms with van der Waals surface area (Å²) < 4.78 is 32.2. The highest BCUT2D eigenvalue weighted by Crippen LogP contribution is 2.23. The molecule has 0 atom stereocenters. The number of nitrogens with zero attached hydrogens (tertiary/aromatic N) is 1. The van der Waals surface area contributed by atoms with Crippen LogP contribution in [0.15, 0.2) is 71.6 Å². The highest BCUT2D eigenvalue weighted by atomic mass is 32.2. The number of sulfonamides is 1. The summed E-state index contributed by atoms with van der Waals surface area (Å²) in [6.45, 7) is 0.207. The molecule has 0 aliphatic heterocycles. The summed E-state index contributed by atoms with van der Waals surface area (Å²) in [4.78, 5) is 4.05. The number of aromatic nitrogens is 1. The molecule has 3 rings (SSSR count). The van der Waals surface area contributed by atoms with Gasteiger partial charge in [-0.25, -0.2) is 18.1 Å². The monoisotopic (exact) mass is 372 g/mol. The molecule has 0 aliphatic carbocycles. The van der Waals surface area contributed by atoms with E-state index in [9.17, 15) is 8.42 Å². The van der Waals surface area contributed by atoms with E-state index >= 15 is 0 Å². The number of hydrogen-bond acceptors (Lipinski definition) is 5. The van der Waals surface area contributed by atoms with Gasteiger partial charge in [0.25, 0.3) is 5.19 Å². The van der Waals surface area contributed by atoms with Crippen molar-refractivity contribution in [2.75, 3.05) is 0 Å². The van der Waals surface area contributed by atoms with E-state index in [1.54, 1.807) is 24.4 Å². The van der Waals surface area contributed by atoms with Gasteiger partial charge in [-0.15, -0.1) is 0 Å². The van der Waals surface area contributed by atoms with Crippen LogP contribution in [0.4, 0.5) is 0 Å². The molecule has 2 aromatic carbocycles. The van der Waals surface area contributed by atoms with Crippen LogP contribution in [-0.4, -0.2) is 13.4 Å². The molecule has 0 unspecified atom stereocenters. The van der Waals surface area contributed by atoms with E-state index in [4.69, 9.17) is 4.74 Å². The van der Waals surface area contributed by atoms with E-state index in [1.165, 1.54) is 16.7 Å². The van der Waals surface area contributed by atoms with Crippen molar-refractivity contribution in [2.24, 2.45) is 0 Å². The summed E-state index contributed by atoms with van der Waals surface area (Å²) in [5.41, 5.74) is 1.67. The van der Waals surface area contributed by atoms with Gasteiger partial charge in [-0.1, -0.05) is 53.8 Å². The highest BCUT2D eigenvalue weighted by molar-refractivity contribution is 7.92. The SMILES string of the molecule is O=S(=O)(/C=C/c1ccccc1)NCc1ccc(Oc2nccs2)cc1. The van der Waals surface area contributed by atoms with Gasteiger partial charge < -0.3 is 4.74 Å². The molecule has 0 amide bonds. The second-order valence-corrected chi connectivity index (χ2v) is 7.63. The van der Waals surface area contributed by atoms with Crippen molar-refractivity contribution in [3.05, 3.63) is 82.7 Å². The summed E-state index contributed by atoms with van der Waals surface area (Å²) in [6, 6.07) is 16.5. The Kier molecular flexibility index (Phi) is 5.60. The summed E-state index contributed by atoms with van der Waals surface area (Å²) in [6.07, 6.45) is 3.24. The van der Waals surface area contributed by atoms with E-state index in [0.717, 1.165) is 11.1 Å². The smallest absolute Gasteiger partial charge is 0.278 e. The zero-order chi connectivity index (χ0) is 17.5. The Balaban J connectivity index is 1.56. The molecule has 0 saturated heterocycles. The molecule has 1 heterocycles. The second-order valence-electron chi connectivity index (χ2n) is 5.12. The lowest BCUT2D eigenvalue weighted by molar-refractivity contribution is 0.478. The third kappa shape index (κ3) is 5.53. The van der Waals surface area contributed by atoms with Crippen LogP contribution < -0.4 is 9.46 Å². The van der Waals surface area contributed by atoms with Crippen LogP contribution in [0.5, 0.6) is 10.9 Å². The fourth-order valence-corrected chi connectivity index (χ4v) is 3.31. The fourth-order valence-electron chi connectivity index (χ4n) is 2.00. The maximum atomic E-state index is 12.0. The van der Waals surface area contributed by atoms with Gasteiger partial charge in [0.2, 0.25) is 10.0 Å². The van der Waals surface area contributed by atoms with Gasteiger partial charge in [0.15, 0.2) is 0 Å². The molecule has 0 bridgehead atoms. The minimum Gasteiger partial charge on any atom is -0.431 e. The first-order valence-corrected chi connectivity index (χ1v) is 9.92. The summed E-state index contributed by atoms with van der Waals surface area (Å²) >= 11 is 1.41. The van der Waals surface area contributed by atoms with Crippen molar-refractivity contribution in [2.45, 2.75) is 6.54 Å². The highest BCUT2D eigenvalue weighted by Gasteiger charge is 2.06. The molecule has 1 N–H and O–H groups in total. The third-order valence-corrected chi connectivity index (χ3v) is 4.94. The largest absolute Gasteiger partial charge is 0.431 e. The lowest BCUT2D eigenvalue weighted by atomic mass is 10.2. The van der Waals surface area contributed by atoms with Crippen LogP contribution in [0.1, 0.15) is 11.1 Å². The standard InChI is InChI=1S/C18H16N2O3S2/c21-25(22,13-10-15-4-2-1-3-5-15)20-14-16-6-8-17(9-7-16)23-18-19-11-12-24-18/h1-13,20H,14H2/b13-10+. The molecule has 128 valence electrons. The first-order valence-electron chi connectivity index (χ1n) is 7.50. The predicted molar refractivity (Wildman–Crippen MR) is 99.9 cm³/mol. The fraction of sp³-hybridized carbons (Fsp3) is 0.0556. The second kappa shape index (κ2) is 8.06. The summed E-state index contributed by atoms with van der Waals surface area (Å²) in [7, 11) is -3.50. The Bertz CT molecular complexity index is 920. The first kappa shape index (κ1) is 17.3. The number of hydrogen-bond donors (Lipinski definition) is 1. The van der Waals surface area contributed by atoms with Gasteiger partial charge in [0.05, 0.1) is 0 Å². The van der Waals surface area contributed by atoms with E-state index in [2.05, 4.69) is 9.71 Å². The van der Waals surface area contributed by atoms with Crippen LogP contribution >= 0.6 is 11.3 Å². The lowest BCUT2D eigenvalue weighted by Gasteiger charge is -2.05. The van der Waals surface area contributed by atoms with E-state index in [-0.39, 0.29) is 6.54 Å². The minimum absolute atomic E-state index is 0.207. The summed E-state index contributed by atoms with van der Waals surface area (Å²) in [5, 5.41) is 3.57. The molecule has 25 heavy (non-hydrogen) atoms. The lowest BCUT2D eigenvalue weighted by Crippen LogP contribution is -2.20. The van der Waals surface area contributed by atoms with Gasteiger partial charge >= 0.3 is 0 Å². The molecule has 0 aliphatic rings. The van der Waals surface area contributed by atoms with Crippen LogP contribution in [0, 0.1) is 0 Å². The van der Waals surface area contributed by atoms with Crippen LogP contribution in [-0.2, 0) is 16.6 Å². The van der Waals surface area contributed by atoms with Gasteiger partial charge in [0, 0.05) is 23.5 Å². The Morgan fingerprint density at radius 1 is 1.08 bits per heavy atom. The van der Waals surface area contributed by atoms with Crippen LogP contribution in [0.3, 0.4) is 0 Å². The van der Waals surface area contributed by atoms with Crippen LogP contribution in [0.2, 0.25) is 0 Å². The molecule has 5 nitrogen and oxygen atoms in total. The maximum absolute atomic E-state index is 12.0. The Morgan fingerprint density at radius 2 is 1.84 bits per heavy atom. The van der Waals surface area contributed by atoms with E-state index in [1.807, 2.05) is 47.8 Å². The van der Waals surface area contributed by atoms with Crippen molar-refractivity contribution in [1.82, 2.24) is 9.71 Å². The maximum Gasteiger partial charge on any atom is 0.278 e. The summed E-state index contributed by atoms with van der Waals surface area (Å²) in [5.74, 6) is 0.658. The Hall–Kier alpha value is -2.48. The molecule has 0 radical (unpaired) electrons. The average molecular weight is 372 g/mol. The normalized spacial score (nSPS) is 11.7. The zero-order valence-corrected chi connectivity index (χ0v) is 14.8. The van der Waals surface area contributed by atoms with E-state index < -0.39 is 10.0 Å². The topological polar surface area (TPSA) is 68.3 Å². The van der Waals surface area contributed by atoms with Crippen molar-refractivity contribution in [3.8, 4) is 10.9 Å². The van der Waals surface area contributed by atoms with Gasteiger partial charge in [-0.2, -0.15) is 0 Å². The number of ether oxygens (including phenoxy) is 1. The number of benzene rings is 2. The molecule has 0 saturated carbocycles. The molecule has 7 heteroatoms. The molecule has 0 spiro atoms. The van der Waals surface area contributed by atoms with Crippen molar-refractivity contribution < 1.29 is 13.2 Å². The first-order chi connectivity index (χ1) is 12.1. The molecular weight excluding hydrogens is 356 g/mol. The van der Waals surface area contributed by atoms with Gasteiger partial charge in [-0.3, -0.25) is 0 Å². The van der Waals surface area contributed by atoms with Crippen LogP contribution in [0.25, 0.3) is 6.08 Å². The van der Waals surface area contributed by atoms with Crippen molar-refractivity contribution in [3.63, 3.8) is 0 Å². The number of nitrogens with one attached hydrogen (secondary N) is 1. The molecular formula is C18H16N2O3S2. The minimum atomic E-state index is -3.50. The Labute approximate surface area is 150 Å². The van der Waals surface area contributed by atoms with Gasteiger partial charge in [0.1, 0.15) is 5.75 Å². The molecule has 0 fully saturated rings. The zero-order valence-electron chi connectivity index (χ0n) is 13.2. The van der Waals surface area contributed by atoms with Crippen molar-refractivity contribution >= 4 is 27.4 Å². The van der Waals surface area contributed by atoms with E-state index in [0.29, 0.717) is 10.9 Å². The quantitative estimate of drug-likeness (QED) is 0.680. The number of thiazole rings is 1. The third-order valence-electron chi connectivity index (χ3n) is 3.25. The average Bonchev–Trinajstić information content (AvgIpc) is 3.14. The van der Waals surface area contributed by atoms with Crippen molar-refractivity contribution in [1.29, 1.82) is 0 Å². The molecule has 1 aromatic heterocycles. The predicted octanol–water partition coefficient (Wildman–Crippen LogP) is 4.03. The molecule has 3 aromatic rings. The Morgan fingerprint density at radius 3 is 2.52 bits per heavy atom. The number of rotatable bonds is 7. The van der Waals surface area contributed by atoms with Gasteiger partial charge in [-0.05, 0) is 29.3 Å².